The van der Waals surface area contributed by atoms with Crippen molar-refractivity contribution in [2.45, 2.75) is 32.5 Å². The molecule has 0 radical (unpaired) electrons. The minimum Gasteiger partial charge on any atom is -0.354 e. The highest BCUT2D eigenvalue weighted by Crippen LogP contribution is 2.17. The Morgan fingerprint density at radius 1 is 1.29 bits per heavy atom. The Morgan fingerprint density at radius 3 is 2.75 bits per heavy atom. The van der Waals surface area contributed by atoms with Crippen LogP contribution >= 0.6 is 0 Å². The summed E-state index contributed by atoms with van der Waals surface area (Å²) in [5.74, 6) is -0.179. The standard InChI is InChI=1S/C17H19FN4O2/c1-2-21-10-8-19-15(17(21)24)20-14-7-9-22(16(14)23)11-12-3-5-13(18)6-4-12/h3-6,8,10,14H,2,7,9,11H2,1H3,(H,19,20). The molecule has 1 aliphatic heterocycles. The van der Waals surface area contributed by atoms with Crippen LogP contribution in [0.2, 0.25) is 0 Å². The summed E-state index contributed by atoms with van der Waals surface area (Å²) >= 11 is 0. The Kier molecular flexibility index (Phi) is 4.59. The number of carbonyl (C=O) groups excluding carboxylic acids is 1. The predicted octanol–water partition coefficient (Wildman–Crippen LogP) is 1.62. The number of likely N-dealkylation sites (tertiary alicyclic amines) is 1. The van der Waals surface area contributed by atoms with Crippen LogP contribution in [-0.4, -0.2) is 32.9 Å². The summed E-state index contributed by atoms with van der Waals surface area (Å²) in [4.78, 5) is 30.4. The summed E-state index contributed by atoms with van der Waals surface area (Å²) in [6.45, 7) is 3.43. The van der Waals surface area contributed by atoms with Crippen LogP contribution in [0.4, 0.5) is 10.2 Å². The number of benzene rings is 1. The Bertz CT molecular complexity index is 788. The largest absolute Gasteiger partial charge is 0.354 e. The summed E-state index contributed by atoms with van der Waals surface area (Å²) in [6.07, 6.45) is 3.76. The second-order valence-corrected chi connectivity index (χ2v) is 5.74. The van der Waals surface area contributed by atoms with Gasteiger partial charge in [0.15, 0.2) is 5.82 Å². The van der Waals surface area contributed by atoms with Crippen molar-refractivity contribution in [3.05, 3.63) is 58.4 Å². The van der Waals surface area contributed by atoms with Crippen molar-refractivity contribution in [3.63, 3.8) is 0 Å². The van der Waals surface area contributed by atoms with E-state index in [1.54, 1.807) is 29.4 Å². The van der Waals surface area contributed by atoms with Gasteiger partial charge in [-0.1, -0.05) is 12.1 Å². The first-order chi connectivity index (χ1) is 11.6. The maximum atomic E-state index is 13.0. The van der Waals surface area contributed by atoms with Gasteiger partial charge in [0.1, 0.15) is 11.9 Å². The summed E-state index contributed by atoms with van der Waals surface area (Å²) in [6, 6.07) is 5.64. The lowest BCUT2D eigenvalue weighted by Crippen LogP contribution is -2.35. The van der Waals surface area contributed by atoms with Gasteiger partial charge in [0.25, 0.3) is 5.56 Å². The number of hydrogen-bond acceptors (Lipinski definition) is 4. The molecule has 1 fully saturated rings. The molecule has 0 spiro atoms. The van der Waals surface area contributed by atoms with Crippen molar-refractivity contribution in [1.29, 1.82) is 0 Å². The quantitative estimate of drug-likeness (QED) is 0.904. The molecular weight excluding hydrogens is 311 g/mol. The maximum Gasteiger partial charge on any atom is 0.293 e. The fourth-order valence-corrected chi connectivity index (χ4v) is 2.80. The molecule has 0 aliphatic carbocycles. The average Bonchev–Trinajstić information content (AvgIpc) is 2.92. The molecule has 2 heterocycles. The zero-order chi connectivity index (χ0) is 17.1. The summed E-state index contributed by atoms with van der Waals surface area (Å²) in [5.41, 5.74) is 0.640. The minimum absolute atomic E-state index is 0.0765. The van der Waals surface area contributed by atoms with E-state index in [1.807, 2.05) is 6.92 Å². The molecule has 1 N–H and O–H groups in total. The number of halogens is 1. The number of amides is 1. The number of rotatable bonds is 5. The van der Waals surface area contributed by atoms with E-state index in [4.69, 9.17) is 0 Å². The lowest BCUT2D eigenvalue weighted by molar-refractivity contribution is -0.128. The molecule has 3 rings (SSSR count). The lowest BCUT2D eigenvalue weighted by atomic mass is 10.2. The number of carbonyl (C=O) groups is 1. The van der Waals surface area contributed by atoms with Gasteiger partial charge in [-0.2, -0.15) is 0 Å². The molecule has 1 amide bonds. The Morgan fingerprint density at radius 2 is 2.04 bits per heavy atom. The van der Waals surface area contributed by atoms with Gasteiger partial charge < -0.3 is 14.8 Å². The monoisotopic (exact) mass is 330 g/mol. The fraction of sp³-hybridized carbons (Fsp3) is 0.353. The van der Waals surface area contributed by atoms with Crippen LogP contribution in [0.3, 0.4) is 0 Å². The van der Waals surface area contributed by atoms with Crippen LogP contribution in [0.25, 0.3) is 0 Å². The third kappa shape index (κ3) is 3.29. The molecule has 7 heteroatoms. The molecule has 2 aromatic rings. The minimum atomic E-state index is -0.460. The summed E-state index contributed by atoms with van der Waals surface area (Å²) in [5, 5.41) is 2.96. The van der Waals surface area contributed by atoms with Gasteiger partial charge in [0, 0.05) is 32.0 Å². The van der Waals surface area contributed by atoms with Gasteiger partial charge in [-0.15, -0.1) is 0 Å². The molecule has 1 atom stereocenters. The molecule has 1 saturated heterocycles. The van der Waals surface area contributed by atoms with E-state index >= 15 is 0 Å². The molecule has 126 valence electrons. The summed E-state index contributed by atoms with van der Waals surface area (Å²) in [7, 11) is 0. The predicted molar refractivity (Wildman–Crippen MR) is 88.0 cm³/mol. The first-order valence-corrected chi connectivity index (χ1v) is 7.93. The van der Waals surface area contributed by atoms with Crippen LogP contribution in [0.5, 0.6) is 0 Å². The van der Waals surface area contributed by atoms with Gasteiger partial charge in [0.05, 0.1) is 0 Å². The fourth-order valence-electron chi connectivity index (χ4n) is 2.80. The van der Waals surface area contributed by atoms with Crippen molar-refractivity contribution in [1.82, 2.24) is 14.5 Å². The van der Waals surface area contributed by atoms with Crippen LogP contribution in [0.15, 0.2) is 41.5 Å². The van der Waals surface area contributed by atoms with Crippen LogP contribution in [0, 0.1) is 5.82 Å². The number of nitrogens with one attached hydrogen (secondary N) is 1. The van der Waals surface area contributed by atoms with E-state index in [0.29, 0.717) is 26.1 Å². The van der Waals surface area contributed by atoms with E-state index < -0.39 is 6.04 Å². The van der Waals surface area contributed by atoms with E-state index in [0.717, 1.165) is 5.56 Å². The number of nitrogens with zero attached hydrogens (tertiary/aromatic N) is 3. The third-order valence-electron chi connectivity index (χ3n) is 4.15. The Labute approximate surface area is 138 Å². The molecule has 24 heavy (non-hydrogen) atoms. The van der Waals surface area contributed by atoms with Crippen LogP contribution in [-0.2, 0) is 17.9 Å². The second kappa shape index (κ2) is 6.82. The van der Waals surface area contributed by atoms with Crippen molar-refractivity contribution in [2.75, 3.05) is 11.9 Å². The molecule has 0 saturated carbocycles. The third-order valence-corrected chi connectivity index (χ3v) is 4.15. The first-order valence-electron chi connectivity index (χ1n) is 7.93. The van der Waals surface area contributed by atoms with E-state index in [1.165, 1.54) is 16.7 Å². The number of anilines is 1. The highest BCUT2D eigenvalue weighted by Gasteiger charge is 2.32. The van der Waals surface area contributed by atoms with E-state index in [2.05, 4.69) is 10.3 Å². The molecule has 0 bridgehead atoms. The molecule has 1 aromatic carbocycles. The van der Waals surface area contributed by atoms with E-state index in [-0.39, 0.29) is 23.1 Å². The molecule has 1 aliphatic rings. The number of hydrogen-bond donors (Lipinski definition) is 1. The molecular formula is C17H19FN4O2. The van der Waals surface area contributed by atoms with Crippen molar-refractivity contribution >= 4 is 11.7 Å². The average molecular weight is 330 g/mol. The lowest BCUT2D eigenvalue weighted by Gasteiger charge is -2.17. The van der Waals surface area contributed by atoms with Crippen molar-refractivity contribution < 1.29 is 9.18 Å². The smallest absolute Gasteiger partial charge is 0.293 e. The zero-order valence-corrected chi connectivity index (χ0v) is 13.4. The second-order valence-electron chi connectivity index (χ2n) is 5.74. The maximum absolute atomic E-state index is 13.0. The molecule has 1 unspecified atom stereocenters. The van der Waals surface area contributed by atoms with Gasteiger partial charge in [-0.25, -0.2) is 9.37 Å². The van der Waals surface area contributed by atoms with Crippen LogP contribution in [0.1, 0.15) is 18.9 Å². The molecule has 6 nitrogen and oxygen atoms in total. The first kappa shape index (κ1) is 16.2. The molecule has 1 aromatic heterocycles. The summed E-state index contributed by atoms with van der Waals surface area (Å²) < 4.78 is 14.5. The van der Waals surface area contributed by atoms with Crippen molar-refractivity contribution in [3.8, 4) is 0 Å². The van der Waals surface area contributed by atoms with Crippen molar-refractivity contribution in [2.24, 2.45) is 0 Å². The Balaban J connectivity index is 1.68. The van der Waals surface area contributed by atoms with E-state index in [9.17, 15) is 14.0 Å². The van der Waals surface area contributed by atoms with Crippen LogP contribution < -0.4 is 10.9 Å². The number of aromatic nitrogens is 2. The van der Waals surface area contributed by atoms with Gasteiger partial charge in [-0.3, -0.25) is 9.59 Å². The van der Waals surface area contributed by atoms with Gasteiger partial charge in [-0.05, 0) is 31.0 Å². The van der Waals surface area contributed by atoms with Gasteiger partial charge in [0.2, 0.25) is 5.91 Å². The van der Waals surface area contributed by atoms with Gasteiger partial charge >= 0.3 is 0 Å². The number of aryl methyl sites for hydroxylation is 1. The normalized spacial score (nSPS) is 17.3. The highest BCUT2D eigenvalue weighted by atomic mass is 19.1. The topological polar surface area (TPSA) is 67.2 Å². The SMILES string of the molecule is CCn1ccnc(NC2CCN(Cc3ccc(F)cc3)C2=O)c1=O. The Hall–Kier alpha value is -2.70. The zero-order valence-electron chi connectivity index (χ0n) is 13.4. The highest BCUT2D eigenvalue weighted by molar-refractivity contribution is 5.86.